The molecule has 23 heavy (non-hydrogen) atoms. The smallest absolute Gasteiger partial charge is 0.222 e. The van der Waals surface area contributed by atoms with E-state index >= 15 is 0 Å². The van der Waals surface area contributed by atoms with Gasteiger partial charge in [0, 0.05) is 24.9 Å². The molecule has 5 N–H and O–H groups in total. The molecular weight excluding hydrogens is 296 g/mol. The van der Waals surface area contributed by atoms with Gasteiger partial charge in [0.1, 0.15) is 11.6 Å². The SMILES string of the molecule is COc1cc(-c2ccn[nH]2)cc2nc(N)nc(NCCCO)c12. The number of methoxy groups -OCH3 is 1. The molecule has 0 spiro atoms. The van der Waals surface area contributed by atoms with Crippen LogP contribution in [0.15, 0.2) is 24.4 Å². The molecule has 0 fully saturated rings. The van der Waals surface area contributed by atoms with E-state index in [0.29, 0.717) is 30.0 Å². The molecule has 0 bridgehead atoms. The molecule has 0 saturated carbocycles. The summed E-state index contributed by atoms with van der Waals surface area (Å²) < 4.78 is 5.51. The van der Waals surface area contributed by atoms with Crippen LogP contribution in [-0.2, 0) is 0 Å². The maximum Gasteiger partial charge on any atom is 0.222 e. The van der Waals surface area contributed by atoms with E-state index in [1.807, 2.05) is 18.2 Å². The van der Waals surface area contributed by atoms with E-state index in [4.69, 9.17) is 15.6 Å². The third-order valence-electron chi connectivity index (χ3n) is 3.44. The quantitative estimate of drug-likeness (QED) is 0.507. The minimum absolute atomic E-state index is 0.104. The molecular formula is C15H18N6O2. The highest BCUT2D eigenvalue weighted by Crippen LogP contribution is 2.35. The zero-order valence-corrected chi connectivity index (χ0v) is 12.7. The molecule has 0 aliphatic carbocycles. The van der Waals surface area contributed by atoms with Crippen LogP contribution in [0.25, 0.3) is 22.2 Å². The molecule has 3 rings (SSSR count). The molecule has 0 aliphatic rings. The topological polar surface area (TPSA) is 122 Å². The van der Waals surface area contributed by atoms with E-state index in [2.05, 4.69) is 25.5 Å². The maximum atomic E-state index is 8.92. The molecule has 0 unspecified atom stereocenters. The van der Waals surface area contributed by atoms with Crippen molar-refractivity contribution in [2.75, 3.05) is 31.3 Å². The minimum atomic E-state index is 0.104. The Morgan fingerprint density at radius 1 is 1.35 bits per heavy atom. The summed E-state index contributed by atoms with van der Waals surface area (Å²) in [6.45, 7) is 0.681. The van der Waals surface area contributed by atoms with Crippen molar-refractivity contribution in [1.29, 1.82) is 0 Å². The zero-order valence-electron chi connectivity index (χ0n) is 12.7. The minimum Gasteiger partial charge on any atom is -0.496 e. The second kappa shape index (κ2) is 6.49. The molecule has 120 valence electrons. The zero-order chi connectivity index (χ0) is 16.2. The summed E-state index contributed by atoms with van der Waals surface area (Å²) in [5.74, 6) is 1.40. The van der Waals surface area contributed by atoms with Gasteiger partial charge >= 0.3 is 0 Å². The van der Waals surface area contributed by atoms with Crippen molar-refractivity contribution in [3.8, 4) is 17.0 Å². The van der Waals surface area contributed by atoms with Gasteiger partial charge in [-0.2, -0.15) is 10.1 Å². The van der Waals surface area contributed by atoms with E-state index < -0.39 is 0 Å². The van der Waals surface area contributed by atoms with Crippen LogP contribution in [0.2, 0.25) is 0 Å². The third kappa shape index (κ3) is 3.02. The number of aromatic nitrogens is 4. The standard InChI is InChI=1S/C15H18N6O2/c1-23-12-8-9(10-3-5-18-21-10)7-11-13(12)14(17-4-2-6-22)20-15(16)19-11/h3,5,7-8,22H,2,4,6H2,1H3,(H,18,21)(H3,16,17,19,20). The summed E-state index contributed by atoms with van der Waals surface area (Å²) in [7, 11) is 1.60. The summed E-state index contributed by atoms with van der Waals surface area (Å²) in [6.07, 6.45) is 2.29. The van der Waals surface area contributed by atoms with E-state index in [-0.39, 0.29) is 12.6 Å². The lowest BCUT2D eigenvalue weighted by molar-refractivity contribution is 0.292. The molecule has 0 saturated heterocycles. The number of H-pyrrole nitrogens is 1. The van der Waals surface area contributed by atoms with Gasteiger partial charge in [-0.05, 0) is 24.6 Å². The first-order chi connectivity index (χ1) is 11.2. The van der Waals surface area contributed by atoms with E-state index in [1.54, 1.807) is 13.3 Å². The number of nitrogens with zero attached hydrogens (tertiary/aromatic N) is 3. The summed E-state index contributed by atoms with van der Waals surface area (Å²) in [4.78, 5) is 8.55. The molecule has 0 aliphatic heterocycles. The average Bonchev–Trinajstić information content (AvgIpc) is 3.08. The molecule has 0 radical (unpaired) electrons. The Bertz CT molecular complexity index is 803. The van der Waals surface area contributed by atoms with Crippen LogP contribution in [0.3, 0.4) is 0 Å². The lowest BCUT2D eigenvalue weighted by Crippen LogP contribution is -2.08. The van der Waals surface area contributed by atoms with Crippen LogP contribution in [-0.4, -0.2) is 45.5 Å². The number of aromatic amines is 1. The highest BCUT2D eigenvalue weighted by molar-refractivity contribution is 5.98. The van der Waals surface area contributed by atoms with Crippen LogP contribution in [0, 0.1) is 0 Å². The maximum absolute atomic E-state index is 8.92. The van der Waals surface area contributed by atoms with Crippen molar-refractivity contribution in [2.45, 2.75) is 6.42 Å². The summed E-state index contributed by atoms with van der Waals surface area (Å²) >= 11 is 0. The average molecular weight is 314 g/mol. The number of nitrogens with two attached hydrogens (primary N) is 1. The van der Waals surface area contributed by atoms with Gasteiger partial charge in [-0.15, -0.1) is 0 Å². The number of hydrogen-bond donors (Lipinski definition) is 4. The fourth-order valence-corrected chi connectivity index (χ4v) is 2.39. The summed E-state index contributed by atoms with van der Waals surface area (Å²) in [5.41, 5.74) is 8.24. The Labute approximate surface area is 132 Å². The van der Waals surface area contributed by atoms with Gasteiger partial charge in [-0.3, -0.25) is 5.10 Å². The monoisotopic (exact) mass is 314 g/mol. The van der Waals surface area contributed by atoms with Crippen molar-refractivity contribution >= 4 is 22.7 Å². The molecule has 2 heterocycles. The molecule has 0 amide bonds. The van der Waals surface area contributed by atoms with Gasteiger partial charge in [0.2, 0.25) is 5.95 Å². The van der Waals surface area contributed by atoms with Crippen LogP contribution < -0.4 is 15.8 Å². The predicted molar refractivity (Wildman–Crippen MR) is 88.3 cm³/mol. The van der Waals surface area contributed by atoms with Crippen molar-refractivity contribution in [3.05, 3.63) is 24.4 Å². The number of aliphatic hydroxyl groups excluding tert-OH is 1. The van der Waals surface area contributed by atoms with Gasteiger partial charge in [0.15, 0.2) is 0 Å². The molecule has 8 nitrogen and oxygen atoms in total. The Balaban J connectivity index is 2.14. The number of ether oxygens (including phenoxy) is 1. The lowest BCUT2D eigenvalue weighted by atomic mass is 10.1. The number of rotatable bonds is 6. The fraction of sp³-hybridized carbons (Fsp3) is 0.267. The summed E-state index contributed by atoms with van der Waals surface area (Å²) in [5, 5.41) is 19.7. The first-order valence-corrected chi connectivity index (χ1v) is 7.22. The molecule has 2 aromatic heterocycles. The van der Waals surface area contributed by atoms with Gasteiger partial charge < -0.3 is 20.9 Å². The Morgan fingerprint density at radius 3 is 2.91 bits per heavy atom. The molecule has 3 aromatic rings. The highest BCUT2D eigenvalue weighted by Gasteiger charge is 2.14. The second-order valence-electron chi connectivity index (χ2n) is 4.98. The molecule has 1 aromatic carbocycles. The number of aliphatic hydroxyl groups is 1. The second-order valence-corrected chi connectivity index (χ2v) is 4.98. The first kappa shape index (κ1) is 15.0. The van der Waals surface area contributed by atoms with Crippen molar-refractivity contribution in [2.24, 2.45) is 0 Å². The van der Waals surface area contributed by atoms with Crippen LogP contribution in [0.5, 0.6) is 5.75 Å². The number of fused-ring (bicyclic) bond motifs is 1. The Kier molecular flexibility index (Phi) is 4.24. The molecule has 8 heteroatoms. The third-order valence-corrected chi connectivity index (χ3v) is 3.44. The van der Waals surface area contributed by atoms with Crippen LogP contribution in [0.4, 0.5) is 11.8 Å². The number of nitrogens with one attached hydrogen (secondary N) is 2. The normalized spacial score (nSPS) is 10.9. The first-order valence-electron chi connectivity index (χ1n) is 7.22. The van der Waals surface area contributed by atoms with Crippen LogP contribution in [0.1, 0.15) is 6.42 Å². The number of anilines is 2. The largest absolute Gasteiger partial charge is 0.496 e. The van der Waals surface area contributed by atoms with Crippen molar-refractivity contribution < 1.29 is 9.84 Å². The number of nitrogen functional groups attached to an aromatic ring is 1. The predicted octanol–water partition coefficient (Wildman–Crippen LogP) is 1.40. The van der Waals surface area contributed by atoms with E-state index in [9.17, 15) is 0 Å². The van der Waals surface area contributed by atoms with Gasteiger partial charge in [-0.25, -0.2) is 4.98 Å². The number of benzene rings is 1. The highest BCUT2D eigenvalue weighted by atomic mass is 16.5. The van der Waals surface area contributed by atoms with E-state index in [1.165, 1.54) is 0 Å². The lowest BCUT2D eigenvalue weighted by Gasteiger charge is -2.13. The van der Waals surface area contributed by atoms with Crippen molar-refractivity contribution in [3.63, 3.8) is 0 Å². The van der Waals surface area contributed by atoms with Gasteiger partial charge in [-0.1, -0.05) is 0 Å². The van der Waals surface area contributed by atoms with Gasteiger partial charge in [0.25, 0.3) is 0 Å². The Morgan fingerprint density at radius 2 is 2.22 bits per heavy atom. The van der Waals surface area contributed by atoms with Gasteiger partial charge in [0.05, 0.1) is 23.7 Å². The molecule has 0 atom stereocenters. The summed E-state index contributed by atoms with van der Waals surface area (Å²) in [6, 6.07) is 5.67. The number of hydrogen-bond acceptors (Lipinski definition) is 7. The van der Waals surface area contributed by atoms with Crippen LogP contribution >= 0.6 is 0 Å². The van der Waals surface area contributed by atoms with Crippen molar-refractivity contribution in [1.82, 2.24) is 20.2 Å². The van der Waals surface area contributed by atoms with E-state index in [0.717, 1.165) is 16.6 Å². The Hall–Kier alpha value is -2.87. The fourth-order valence-electron chi connectivity index (χ4n) is 2.39.